The number of piperazine rings is 1. The van der Waals surface area contributed by atoms with E-state index in [4.69, 9.17) is 4.55 Å². The van der Waals surface area contributed by atoms with Crippen LogP contribution in [0.3, 0.4) is 0 Å². The average Bonchev–Trinajstić information content (AvgIpc) is 3.38. The summed E-state index contributed by atoms with van der Waals surface area (Å²) in [7, 11) is -7.88. The largest absolute Gasteiger partial charge is 0.573 e. The number of nitrogens with zero attached hydrogens (tertiary/aromatic N) is 2. The smallest absolute Gasteiger partial charge is 0.481 e. The zero-order valence-corrected chi connectivity index (χ0v) is 26.9. The van der Waals surface area contributed by atoms with Crippen molar-refractivity contribution in [3.63, 3.8) is 0 Å². The summed E-state index contributed by atoms with van der Waals surface area (Å²) >= 11 is 0. The van der Waals surface area contributed by atoms with E-state index in [9.17, 15) is 39.9 Å². The lowest BCUT2D eigenvalue weighted by Crippen LogP contribution is -2.58. The highest BCUT2D eigenvalue weighted by molar-refractivity contribution is 7.89. The zero-order valence-electron chi connectivity index (χ0n) is 25.3. The maximum Gasteiger partial charge on any atom is 0.573 e. The minimum atomic E-state index is -4.75. The molecule has 0 aromatic heterocycles. The lowest BCUT2D eigenvalue weighted by molar-refractivity contribution is -0.274. The van der Waals surface area contributed by atoms with Crippen molar-refractivity contribution in [3.05, 3.63) is 89.0 Å². The molecule has 5 rings (SSSR count). The van der Waals surface area contributed by atoms with Gasteiger partial charge in [-0.2, -0.15) is 12.7 Å². The number of carboxylic acids is 1. The van der Waals surface area contributed by atoms with Gasteiger partial charge in [0, 0.05) is 31.7 Å². The lowest BCUT2D eigenvalue weighted by Gasteiger charge is -2.43. The van der Waals surface area contributed by atoms with Crippen molar-refractivity contribution < 1.29 is 49.2 Å². The minimum absolute atomic E-state index is 0.0666. The number of aliphatic carboxylic acids is 1. The van der Waals surface area contributed by atoms with Gasteiger partial charge < -0.3 is 9.84 Å². The molecule has 250 valence electrons. The number of hydrogen-bond acceptors (Lipinski definition) is 7. The summed E-state index contributed by atoms with van der Waals surface area (Å²) in [5, 5.41) is 9.40. The molecule has 3 aromatic rings. The summed E-state index contributed by atoms with van der Waals surface area (Å²) in [6.45, 7) is 6.82. The number of hydrogen-bond donors (Lipinski definition) is 2. The highest BCUT2D eigenvalue weighted by Crippen LogP contribution is 2.35. The van der Waals surface area contributed by atoms with Gasteiger partial charge in [-0.05, 0) is 80.6 Å². The molecular weight excluding hydrogens is 649 g/mol. The molecule has 1 aliphatic carbocycles. The van der Waals surface area contributed by atoms with Crippen molar-refractivity contribution in [2.75, 3.05) is 13.1 Å². The molecule has 3 unspecified atom stereocenters. The number of carbonyl (C=O) groups is 1. The van der Waals surface area contributed by atoms with Crippen LogP contribution in [0.25, 0.3) is 0 Å². The number of ether oxygens (including phenoxy) is 1. The Kier molecular flexibility index (Phi) is 10.5. The van der Waals surface area contributed by atoms with Gasteiger partial charge in [0.2, 0.25) is 10.0 Å². The van der Waals surface area contributed by atoms with Crippen molar-refractivity contribution in [1.82, 2.24) is 9.21 Å². The monoisotopic (exact) mass is 684 g/mol. The number of benzene rings is 3. The average molecular weight is 685 g/mol. The molecule has 15 heteroatoms. The van der Waals surface area contributed by atoms with Gasteiger partial charge in [0.05, 0.1) is 15.7 Å². The quantitative estimate of drug-likeness (QED) is 0.332. The summed E-state index contributed by atoms with van der Waals surface area (Å²) in [6.07, 6.45) is -4.24. The Bertz CT molecular complexity index is 1750. The van der Waals surface area contributed by atoms with Crippen LogP contribution < -0.4 is 4.74 Å². The Balaban J connectivity index is 0.000000369. The summed E-state index contributed by atoms with van der Waals surface area (Å²) in [5.74, 6) is -1.85. The number of sulfonamides is 1. The molecule has 0 amide bonds. The third-order valence-electron chi connectivity index (χ3n) is 7.85. The maximum absolute atomic E-state index is 13.7. The first-order valence-corrected chi connectivity index (χ1v) is 17.2. The van der Waals surface area contributed by atoms with Crippen LogP contribution >= 0.6 is 0 Å². The molecule has 0 saturated carbocycles. The van der Waals surface area contributed by atoms with Crippen LogP contribution in [0.1, 0.15) is 36.1 Å². The van der Waals surface area contributed by atoms with Gasteiger partial charge in [-0.1, -0.05) is 42.0 Å². The van der Waals surface area contributed by atoms with Gasteiger partial charge in [0.1, 0.15) is 5.75 Å². The number of carboxylic acid groups (broad SMARTS) is 1. The summed E-state index contributed by atoms with van der Waals surface area (Å²) in [5.41, 5.74) is 3.09. The highest BCUT2D eigenvalue weighted by Gasteiger charge is 2.41. The van der Waals surface area contributed by atoms with E-state index in [-0.39, 0.29) is 34.0 Å². The van der Waals surface area contributed by atoms with Crippen LogP contribution in [-0.2, 0) is 44.3 Å². The molecule has 1 aliphatic heterocycles. The summed E-state index contributed by atoms with van der Waals surface area (Å²) in [6, 6.07) is 15.9. The number of alkyl halides is 3. The Morgan fingerprint density at radius 3 is 2.02 bits per heavy atom. The number of rotatable bonds is 7. The van der Waals surface area contributed by atoms with E-state index >= 15 is 0 Å². The standard InChI is InChI=1S/C24H27F3N2O5S.C7H8O3S/c1-15-12-28(14-17-6-8-20(9-7-17)34-24(25,26)27)13-16(2)29(15)35(32,33)22-5-3-4-18-10-19(23(30)31)11-21(18)22;1-6-2-4-7(5-3-6)11(8,9)10/h3-9,15-16,19H,10-14H2,1-2H3,(H,30,31);2-5H,1H3,(H,8,9,10). The Hall–Kier alpha value is -3.50. The van der Waals surface area contributed by atoms with E-state index in [0.29, 0.717) is 31.6 Å². The number of halogens is 3. The molecule has 10 nitrogen and oxygen atoms in total. The zero-order chi connectivity index (χ0) is 34.0. The van der Waals surface area contributed by atoms with Gasteiger partial charge in [0.15, 0.2) is 0 Å². The molecule has 0 radical (unpaired) electrons. The lowest BCUT2D eigenvalue weighted by atomic mass is 10.1. The van der Waals surface area contributed by atoms with Crippen LogP contribution in [0.2, 0.25) is 0 Å². The second-order valence-corrected chi connectivity index (χ2v) is 14.8. The van der Waals surface area contributed by atoms with Crippen LogP contribution in [0.4, 0.5) is 13.2 Å². The van der Waals surface area contributed by atoms with Crippen LogP contribution in [0.5, 0.6) is 5.75 Å². The highest BCUT2D eigenvalue weighted by atomic mass is 32.2. The van der Waals surface area contributed by atoms with Crippen LogP contribution in [-0.4, -0.2) is 73.2 Å². The van der Waals surface area contributed by atoms with Gasteiger partial charge in [-0.25, -0.2) is 8.42 Å². The van der Waals surface area contributed by atoms with Gasteiger partial charge in [-0.15, -0.1) is 13.2 Å². The molecule has 1 heterocycles. The van der Waals surface area contributed by atoms with Crippen LogP contribution in [0.15, 0.2) is 76.5 Å². The third-order valence-corrected chi connectivity index (χ3v) is 10.9. The fraction of sp³-hybridized carbons (Fsp3) is 0.387. The van der Waals surface area contributed by atoms with E-state index in [2.05, 4.69) is 9.64 Å². The first-order chi connectivity index (χ1) is 21.3. The van der Waals surface area contributed by atoms with E-state index < -0.39 is 38.4 Å². The molecular formula is C31H35F3N2O8S2. The van der Waals surface area contributed by atoms with Crippen molar-refractivity contribution in [1.29, 1.82) is 0 Å². The topological polar surface area (TPSA) is 142 Å². The van der Waals surface area contributed by atoms with Crippen molar-refractivity contribution in [2.45, 2.75) is 68.4 Å². The molecule has 3 atom stereocenters. The molecule has 1 saturated heterocycles. The minimum Gasteiger partial charge on any atom is -0.481 e. The van der Waals surface area contributed by atoms with Crippen molar-refractivity contribution in [3.8, 4) is 5.75 Å². The molecule has 3 aromatic carbocycles. The van der Waals surface area contributed by atoms with E-state index in [1.807, 2.05) is 20.8 Å². The SMILES string of the molecule is CC1CN(Cc2ccc(OC(F)(F)F)cc2)CC(C)N1S(=O)(=O)c1cccc2c1CC(C(=O)O)C2.Cc1ccc(S(=O)(=O)O)cc1. The molecule has 2 aliphatic rings. The second-order valence-electron chi connectivity index (χ2n) is 11.5. The van der Waals surface area contributed by atoms with Crippen LogP contribution in [0, 0.1) is 12.8 Å². The Morgan fingerprint density at radius 2 is 1.50 bits per heavy atom. The first kappa shape index (κ1) is 35.4. The molecule has 46 heavy (non-hydrogen) atoms. The van der Waals surface area contributed by atoms with Crippen molar-refractivity contribution >= 4 is 26.1 Å². The first-order valence-electron chi connectivity index (χ1n) is 14.3. The maximum atomic E-state index is 13.7. The second kappa shape index (κ2) is 13.7. The predicted octanol–water partition coefficient (Wildman–Crippen LogP) is 4.91. The Morgan fingerprint density at radius 1 is 0.913 bits per heavy atom. The normalized spacial score (nSPS) is 20.8. The third kappa shape index (κ3) is 8.64. The summed E-state index contributed by atoms with van der Waals surface area (Å²) < 4.78 is 99.5. The van der Waals surface area contributed by atoms with Gasteiger partial charge >= 0.3 is 12.3 Å². The van der Waals surface area contributed by atoms with E-state index in [1.54, 1.807) is 42.5 Å². The Labute approximate surface area is 266 Å². The molecule has 1 fully saturated rings. The van der Waals surface area contributed by atoms with E-state index in [1.165, 1.54) is 28.6 Å². The fourth-order valence-corrected chi connectivity index (χ4v) is 8.50. The molecule has 0 spiro atoms. The van der Waals surface area contributed by atoms with E-state index in [0.717, 1.165) is 16.7 Å². The molecule has 0 bridgehead atoms. The van der Waals surface area contributed by atoms with Crippen molar-refractivity contribution in [2.24, 2.45) is 5.92 Å². The fourth-order valence-electron chi connectivity index (χ4n) is 5.93. The number of aryl methyl sites for hydroxylation is 1. The predicted molar refractivity (Wildman–Crippen MR) is 162 cm³/mol. The number of fused-ring (bicyclic) bond motifs is 1. The summed E-state index contributed by atoms with van der Waals surface area (Å²) in [4.78, 5) is 13.7. The molecule has 2 N–H and O–H groups in total. The van der Waals surface area contributed by atoms with Gasteiger partial charge in [-0.3, -0.25) is 14.2 Å². The van der Waals surface area contributed by atoms with Gasteiger partial charge in [0.25, 0.3) is 10.1 Å².